The molecule has 0 saturated heterocycles. The number of nitrogens with one attached hydrogen (secondary N) is 1. The molecule has 1 amide bonds. The number of carbonyl (C=O) groups excluding carboxylic acids is 1. The maximum atomic E-state index is 10.3. The fourth-order valence-corrected chi connectivity index (χ4v) is 2.29. The van der Waals surface area contributed by atoms with Crippen molar-refractivity contribution in [1.82, 2.24) is 14.7 Å². The van der Waals surface area contributed by atoms with Gasteiger partial charge < -0.3 is 9.72 Å². The number of pyridine rings is 1. The van der Waals surface area contributed by atoms with Gasteiger partial charge in [-0.1, -0.05) is 30.8 Å². The summed E-state index contributed by atoms with van der Waals surface area (Å²) in [6.07, 6.45) is 7.00. The highest BCUT2D eigenvalue weighted by Crippen LogP contribution is 2.21. The van der Waals surface area contributed by atoms with Crippen molar-refractivity contribution in [2.24, 2.45) is 0 Å². The number of hydrogen-bond acceptors (Lipinski definition) is 2. The molecule has 21 heavy (non-hydrogen) atoms. The van der Waals surface area contributed by atoms with E-state index >= 15 is 0 Å². The molecule has 0 aliphatic heterocycles. The van der Waals surface area contributed by atoms with Crippen LogP contribution >= 0.6 is 0 Å². The lowest BCUT2D eigenvalue weighted by atomic mass is 10.0. The molecule has 0 unspecified atom stereocenters. The SMILES string of the molecule is C=C(Cc1ccc(-c2ccn3ccnc3c2)cc1)NC=O. The van der Waals surface area contributed by atoms with Crippen LogP contribution in [-0.2, 0) is 11.2 Å². The second-order valence-electron chi connectivity index (χ2n) is 4.85. The Labute approximate surface area is 122 Å². The Hall–Kier alpha value is -2.88. The summed E-state index contributed by atoms with van der Waals surface area (Å²) < 4.78 is 1.98. The summed E-state index contributed by atoms with van der Waals surface area (Å²) in [6.45, 7) is 3.80. The predicted octanol–water partition coefficient (Wildman–Crippen LogP) is 2.80. The molecule has 4 heteroatoms. The number of nitrogens with zero attached hydrogens (tertiary/aromatic N) is 2. The summed E-state index contributed by atoms with van der Waals surface area (Å²) in [4.78, 5) is 14.6. The van der Waals surface area contributed by atoms with E-state index in [-0.39, 0.29) is 0 Å². The van der Waals surface area contributed by atoms with Crippen molar-refractivity contribution in [3.63, 3.8) is 0 Å². The topological polar surface area (TPSA) is 46.4 Å². The van der Waals surface area contributed by atoms with Crippen LogP contribution in [-0.4, -0.2) is 15.8 Å². The Bertz CT molecular complexity index is 787. The lowest BCUT2D eigenvalue weighted by Crippen LogP contribution is -2.10. The van der Waals surface area contributed by atoms with E-state index in [1.165, 1.54) is 0 Å². The van der Waals surface area contributed by atoms with Gasteiger partial charge in [-0.05, 0) is 28.8 Å². The molecular formula is C17H15N3O. The highest BCUT2D eigenvalue weighted by atomic mass is 16.1. The second kappa shape index (κ2) is 5.63. The van der Waals surface area contributed by atoms with Crippen LogP contribution in [0, 0.1) is 0 Å². The summed E-state index contributed by atoms with van der Waals surface area (Å²) in [5, 5.41) is 2.57. The zero-order valence-corrected chi connectivity index (χ0v) is 11.5. The minimum absolute atomic E-state index is 0.637. The van der Waals surface area contributed by atoms with Gasteiger partial charge in [-0.15, -0.1) is 0 Å². The molecule has 0 bridgehead atoms. The second-order valence-corrected chi connectivity index (χ2v) is 4.85. The van der Waals surface area contributed by atoms with Crippen molar-refractivity contribution in [3.05, 3.63) is 72.8 Å². The fourth-order valence-electron chi connectivity index (χ4n) is 2.29. The minimum atomic E-state index is 0.637. The van der Waals surface area contributed by atoms with Gasteiger partial charge in [0, 0.05) is 30.7 Å². The summed E-state index contributed by atoms with van der Waals surface area (Å²) in [6, 6.07) is 12.3. The molecule has 0 atom stereocenters. The van der Waals surface area contributed by atoms with Crippen LogP contribution in [0.2, 0.25) is 0 Å². The average molecular weight is 277 g/mol. The van der Waals surface area contributed by atoms with Gasteiger partial charge in [-0.25, -0.2) is 4.98 Å². The molecule has 0 aliphatic rings. The van der Waals surface area contributed by atoms with Gasteiger partial charge in [0.1, 0.15) is 5.65 Å². The van der Waals surface area contributed by atoms with Crippen LogP contribution in [0.25, 0.3) is 16.8 Å². The van der Waals surface area contributed by atoms with Gasteiger partial charge in [0.15, 0.2) is 0 Å². The molecule has 1 N–H and O–H groups in total. The van der Waals surface area contributed by atoms with Crippen LogP contribution in [0.3, 0.4) is 0 Å². The maximum absolute atomic E-state index is 10.3. The van der Waals surface area contributed by atoms with Crippen LogP contribution in [0.1, 0.15) is 5.56 Å². The van der Waals surface area contributed by atoms with Crippen LogP contribution in [0.5, 0.6) is 0 Å². The molecule has 4 nitrogen and oxygen atoms in total. The van der Waals surface area contributed by atoms with Crippen molar-refractivity contribution in [2.45, 2.75) is 6.42 Å². The first-order chi connectivity index (χ1) is 10.3. The van der Waals surface area contributed by atoms with Gasteiger partial charge >= 0.3 is 0 Å². The first-order valence-electron chi connectivity index (χ1n) is 6.66. The molecule has 0 spiro atoms. The van der Waals surface area contributed by atoms with Gasteiger partial charge in [-0.2, -0.15) is 0 Å². The number of aromatic nitrogens is 2. The summed E-state index contributed by atoms with van der Waals surface area (Å²) in [5.41, 5.74) is 5.00. The Morgan fingerprint density at radius 2 is 2.00 bits per heavy atom. The number of benzene rings is 1. The maximum Gasteiger partial charge on any atom is 0.211 e. The van der Waals surface area contributed by atoms with E-state index in [9.17, 15) is 4.79 Å². The number of carbonyl (C=O) groups is 1. The monoisotopic (exact) mass is 277 g/mol. The third-order valence-corrected chi connectivity index (χ3v) is 3.37. The zero-order valence-electron chi connectivity index (χ0n) is 11.5. The van der Waals surface area contributed by atoms with Crippen molar-refractivity contribution < 1.29 is 4.79 Å². The van der Waals surface area contributed by atoms with E-state index in [1.54, 1.807) is 6.20 Å². The summed E-state index contributed by atoms with van der Waals surface area (Å²) >= 11 is 0. The third kappa shape index (κ3) is 2.84. The van der Waals surface area contributed by atoms with Crippen molar-refractivity contribution >= 4 is 12.1 Å². The number of allylic oxidation sites excluding steroid dienone is 1. The smallest absolute Gasteiger partial charge is 0.211 e. The molecule has 3 rings (SSSR count). The molecule has 2 heterocycles. The number of rotatable bonds is 5. The van der Waals surface area contributed by atoms with Gasteiger partial charge in [0.2, 0.25) is 6.41 Å². The predicted molar refractivity (Wildman–Crippen MR) is 82.7 cm³/mol. The normalized spacial score (nSPS) is 10.5. The Kier molecular flexibility index (Phi) is 3.51. The molecule has 104 valence electrons. The van der Waals surface area contributed by atoms with E-state index in [2.05, 4.69) is 41.1 Å². The molecule has 0 aliphatic carbocycles. The highest BCUT2D eigenvalue weighted by Gasteiger charge is 2.02. The van der Waals surface area contributed by atoms with E-state index < -0.39 is 0 Å². The van der Waals surface area contributed by atoms with E-state index in [0.29, 0.717) is 18.5 Å². The van der Waals surface area contributed by atoms with Gasteiger partial charge in [0.25, 0.3) is 0 Å². The van der Waals surface area contributed by atoms with Crippen molar-refractivity contribution in [3.8, 4) is 11.1 Å². The molecule has 2 aromatic heterocycles. The average Bonchev–Trinajstić information content (AvgIpc) is 2.95. The Morgan fingerprint density at radius 3 is 2.76 bits per heavy atom. The molecule has 0 saturated carbocycles. The van der Waals surface area contributed by atoms with E-state index in [0.717, 1.165) is 22.3 Å². The Morgan fingerprint density at radius 1 is 1.19 bits per heavy atom. The number of amides is 1. The van der Waals surface area contributed by atoms with Crippen molar-refractivity contribution in [2.75, 3.05) is 0 Å². The zero-order chi connectivity index (χ0) is 14.7. The van der Waals surface area contributed by atoms with Crippen LogP contribution in [0.15, 0.2) is 67.3 Å². The number of hydrogen-bond donors (Lipinski definition) is 1. The lowest BCUT2D eigenvalue weighted by molar-refractivity contribution is -0.108. The molecule has 3 aromatic rings. The highest BCUT2D eigenvalue weighted by molar-refractivity contribution is 5.67. The lowest BCUT2D eigenvalue weighted by Gasteiger charge is -2.06. The van der Waals surface area contributed by atoms with Crippen LogP contribution < -0.4 is 5.32 Å². The quantitative estimate of drug-likeness (QED) is 0.729. The standard InChI is InChI=1S/C17H15N3O/c1-13(19-12-21)10-14-2-4-15(5-3-14)16-6-8-20-9-7-18-17(20)11-16/h2-9,11-12H,1,10H2,(H,19,21). The summed E-state index contributed by atoms with van der Waals surface area (Å²) in [5.74, 6) is 0. The largest absolute Gasteiger partial charge is 0.333 e. The molecule has 1 aromatic carbocycles. The first-order valence-corrected chi connectivity index (χ1v) is 6.66. The van der Waals surface area contributed by atoms with E-state index in [1.807, 2.05) is 28.9 Å². The van der Waals surface area contributed by atoms with E-state index in [4.69, 9.17) is 0 Å². The fraction of sp³-hybridized carbons (Fsp3) is 0.0588. The molecule has 0 fully saturated rings. The van der Waals surface area contributed by atoms with Gasteiger partial charge in [-0.3, -0.25) is 4.79 Å². The first kappa shape index (κ1) is 13.1. The molecule has 0 radical (unpaired) electrons. The van der Waals surface area contributed by atoms with Crippen LogP contribution in [0.4, 0.5) is 0 Å². The Balaban J connectivity index is 1.82. The number of imidazole rings is 1. The van der Waals surface area contributed by atoms with Crippen molar-refractivity contribution in [1.29, 1.82) is 0 Å². The third-order valence-electron chi connectivity index (χ3n) is 3.37. The molecular weight excluding hydrogens is 262 g/mol. The minimum Gasteiger partial charge on any atom is -0.333 e. The number of fused-ring (bicyclic) bond motifs is 1. The summed E-state index contributed by atoms with van der Waals surface area (Å²) in [7, 11) is 0. The van der Waals surface area contributed by atoms with Gasteiger partial charge in [0.05, 0.1) is 0 Å².